The van der Waals surface area contributed by atoms with Crippen molar-refractivity contribution < 1.29 is 13.6 Å². The van der Waals surface area contributed by atoms with Gasteiger partial charge in [-0.05, 0) is 53.4 Å². The number of rotatable bonds is 3. The van der Waals surface area contributed by atoms with Gasteiger partial charge in [0.15, 0.2) is 0 Å². The molecule has 2 N–H and O–H groups in total. The molecule has 0 radical (unpaired) electrons. The van der Waals surface area contributed by atoms with Gasteiger partial charge in [-0.25, -0.2) is 8.78 Å². The largest absolute Gasteiger partial charge is 0.342 e. The average Bonchev–Trinajstić information content (AvgIpc) is 2.44. The number of piperidine rings is 1. The second kappa shape index (κ2) is 8.06. The number of carbonyl (C=O) groups is 1. The molecule has 0 spiro atoms. The molecule has 0 aliphatic carbocycles. The molecule has 1 amide bonds. The Labute approximate surface area is 137 Å². The number of hydrogen-bond donors (Lipinski definition) is 1. The third-order valence-corrected chi connectivity index (χ3v) is 4.34. The summed E-state index contributed by atoms with van der Waals surface area (Å²) >= 11 is 2.92. The van der Waals surface area contributed by atoms with Crippen LogP contribution >= 0.6 is 28.3 Å². The first kappa shape index (κ1) is 18.3. The number of halogens is 4. The van der Waals surface area contributed by atoms with Gasteiger partial charge in [-0.2, -0.15) is 0 Å². The van der Waals surface area contributed by atoms with Crippen LogP contribution in [0.2, 0.25) is 0 Å². The van der Waals surface area contributed by atoms with Crippen LogP contribution in [0.5, 0.6) is 0 Å². The van der Waals surface area contributed by atoms with E-state index in [0.29, 0.717) is 25.6 Å². The Morgan fingerprint density at radius 2 is 1.90 bits per heavy atom. The minimum absolute atomic E-state index is 0. The van der Waals surface area contributed by atoms with E-state index in [1.807, 2.05) is 0 Å². The Balaban J connectivity index is 0.00000220. The van der Waals surface area contributed by atoms with Gasteiger partial charge < -0.3 is 10.6 Å². The van der Waals surface area contributed by atoms with Crippen LogP contribution in [-0.4, -0.2) is 30.4 Å². The monoisotopic (exact) mass is 382 g/mol. The van der Waals surface area contributed by atoms with Crippen molar-refractivity contribution in [2.45, 2.75) is 19.3 Å². The van der Waals surface area contributed by atoms with Crippen molar-refractivity contribution in [2.75, 3.05) is 19.6 Å². The first-order chi connectivity index (χ1) is 9.51. The van der Waals surface area contributed by atoms with Crippen molar-refractivity contribution in [3.8, 4) is 0 Å². The van der Waals surface area contributed by atoms with Gasteiger partial charge in [-0.1, -0.05) is 0 Å². The van der Waals surface area contributed by atoms with Gasteiger partial charge in [0.25, 0.3) is 0 Å². The van der Waals surface area contributed by atoms with Crippen molar-refractivity contribution in [1.82, 2.24) is 4.90 Å². The number of carbonyl (C=O) groups excluding carboxylic acids is 1. The van der Waals surface area contributed by atoms with Crippen molar-refractivity contribution in [3.63, 3.8) is 0 Å². The molecule has 2 rings (SSSR count). The predicted octanol–water partition coefficient (Wildman–Crippen LogP) is 2.89. The fourth-order valence-electron chi connectivity index (χ4n) is 2.39. The highest BCUT2D eigenvalue weighted by Gasteiger charge is 2.23. The number of nitrogens with zero attached hydrogens (tertiary/aromatic N) is 1. The van der Waals surface area contributed by atoms with Gasteiger partial charge in [-0.15, -0.1) is 12.4 Å². The topological polar surface area (TPSA) is 46.3 Å². The summed E-state index contributed by atoms with van der Waals surface area (Å²) in [6.45, 7) is 1.91. The maximum absolute atomic E-state index is 13.7. The Hall–Kier alpha value is -0.720. The molecule has 0 unspecified atom stereocenters. The zero-order valence-corrected chi connectivity index (χ0v) is 13.9. The zero-order valence-electron chi connectivity index (χ0n) is 11.4. The normalized spacial score (nSPS) is 15.7. The molecule has 1 heterocycles. The predicted molar refractivity (Wildman–Crippen MR) is 83.4 cm³/mol. The molecule has 3 nitrogen and oxygen atoms in total. The molecule has 21 heavy (non-hydrogen) atoms. The Morgan fingerprint density at radius 3 is 2.48 bits per heavy atom. The molecule has 1 aromatic carbocycles. The van der Waals surface area contributed by atoms with E-state index >= 15 is 0 Å². The van der Waals surface area contributed by atoms with E-state index in [1.165, 1.54) is 0 Å². The van der Waals surface area contributed by atoms with E-state index in [2.05, 4.69) is 15.9 Å². The van der Waals surface area contributed by atoms with E-state index in [-0.39, 0.29) is 34.8 Å². The lowest BCUT2D eigenvalue weighted by Crippen LogP contribution is -2.40. The van der Waals surface area contributed by atoms with Crippen LogP contribution in [0.4, 0.5) is 8.78 Å². The van der Waals surface area contributed by atoms with E-state index in [9.17, 15) is 13.6 Å². The van der Waals surface area contributed by atoms with E-state index in [0.717, 1.165) is 25.0 Å². The fraction of sp³-hybridized carbons (Fsp3) is 0.500. The summed E-state index contributed by atoms with van der Waals surface area (Å²) in [4.78, 5) is 13.8. The van der Waals surface area contributed by atoms with Crippen molar-refractivity contribution >= 4 is 34.2 Å². The van der Waals surface area contributed by atoms with Crippen LogP contribution in [0.15, 0.2) is 16.6 Å². The van der Waals surface area contributed by atoms with E-state index < -0.39 is 11.6 Å². The van der Waals surface area contributed by atoms with Crippen LogP contribution in [0, 0.1) is 17.6 Å². The Bertz CT molecular complexity index is 508. The highest BCUT2D eigenvalue weighted by atomic mass is 79.9. The minimum Gasteiger partial charge on any atom is -0.342 e. The molecule has 1 saturated heterocycles. The highest BCUT2D eigenvalue weighted by Crippen LogP contribution is 2.22. The lowest BCUT2D eigenvalue weighted by Gasteiger charge is -2.31. The number of hydrogen-bond acceptors (Lipinski definition) is 2. The van der Waals surface area contributed by atoms with Gasteiger partial charge in [0.2, 0.25) is 5.91 Å². The van der Waals surface area contributed by atoms with Crippen molar-refractivity contribution in [3.05, 3.63) is 33.8 Å². The van der Waals surface area contributed by atoms with Gasteiger partial charge in [0, 0.05) is 18.7 Å². The molecule has 0 atom stereocenters. The van der Waals surface area contributed by atoms with Crippen molar-refractivity contribution in [2.24, 2.45) is 11.7 Å². The fourth-order valence-corrected chi connectivity index (χ4v) is 2.71. The molecular formula is C14H18BrClF2N2O. The lowest BCUT2D eigenvalue weighted by atomic mass is 9.96. The lowest BCUT2D eigenvalue weighted by molar-refractivity contribution is -0.131. The van der Waals surface area contributed by atoms with Gasteiger partial charge in [0.1, 0.15) is 11.6 Å². The molecule has 0 bridgehead atoms. The van der Waals surface area contributed by atoms with Crippen LogP contribution in [0.25, 0.3) is 0 Å². The Kier molecular flexibility index (Phi) is 7.03. The first-order valence-electron chi connectivity index (χ1n) is 6.62. The quantitative estimate of drug-likeness (QED) is 0.816. The average molecular weight is 384 g/mol. The summed E-state index contributed by atoms with van der Waals surface area (Å²) in [6.07, 6.45) is 1.64. The summed E-state index contributed by atoms with van der Waals surface area (Å²) in [5, 5.41) is 0. The number of likely N-dealkylation sites (tertiary alicyclic amines) is 1. The molecule has 1 fully saturated rings. The number of amides is 1. The number of benzene rings is 1. The van der Waals surface area contributed by atoms with Crippen LogP contribution in [0.3, 0.4) is 0 Å². The van der Waals surface area contributed by atoms with E-state index in [1.54, 1.807) is 4.90 Å². The van der Waals surface area contributed by atoms with Crippen LogP contribution in [0.1, 0.15) is 18.4 Å². The number of nitrogens with two attached hydrogens (primary N) is 1. The second-order valence-corrected chi connectivity index (χ2v) is 5.95. The van der Waals surface area contributed by atoms with Crippen LogP contribution < -0.4 is 5.73 Å². The third kappa shape index (κ3) is 4.63. The summed E-state index contributed by atoms with van der Waals surface area (Å²) in [5.41, 5.74) is 5.69. The molecule has 0 saturated carbocycles. The minimum atomic E-state index is -0.566. The van der Waals surface area contributed by atoms with Crippen LogP contribution in [-0.2, 0) is 11.2 Å². The van der Waals surface area contributed by atoms with E-state index in [4.69, 9.17) is 5.73 Å². The Morgan fingerprint density at radius 1 is 1.29 bits per heavy atom. The molecule has 1 aliphatic heterocycles. The zero-order chi connectivity index (χ0) is 14.7. The van der Waals surface area contributed by atoms with Gasteiger partial charge in [0.05, 0.1) is 10.9 Å². The maximum Gasteiger partial charge on any atom is 0.227 e. The maximum atomic E-state index is 13.7. The molecule has 0 aromatic heterocycles. The second-order valence-electron chi connectivity index (χ2n) is 5.09. The molecule has 1 aromatic rings. The summed E-state index contributed by atoms with van der Waals surface area (Å²) in [5.74, 6) is -0.832. The highest BCUT2D eigenvalue weighted by molar-refractivity contribution is 9.10. The van der Waals surface area contributed by atoms with Gasteiger partial charge >= 0.3 is 0 Å². The summed E-state index contributed by atoms with van der Waals surface area (Å²) < 4.78 is 27.2. The van der Waals surface area contributed by atoms with Crippen molar-refractivity contribution in [1.29, 1.82) is 0 Å². The molecule has 1 aliphatic rings. The molecule has 118 valence electrons. The SMILES string of the molecule is Cl.NCC1CCN(C(=O)Cc2cc(F)c(Br)cc2F)CC1. The standard InChI is InChI=1S/C14H17BrF2N2O.ClH/c15-11-7-12(16)10(5-13(11)17)6-14(20)19-3-1-9(8-18)2-4-19;/h5,7,9H,1-4,6,8,18H2;1H. The third-order valence-electron chi connectivity index (χ3n) is 3.73. The smallest absolute Gasteiger partial charge is 0.227 e. The first-order valence-corrected chi connectivity index (χ1v) is 7.41. The van der Waals surface area contributed by atoms with Gasteiger partial charge in [-0.3, -0.25) is 4.79 Å². The summed E-state index contributed by atoms with van der Waals surface area (Å²) in [6, 6.07) is 2.13. The summed E-state index contributed by atoms with van der Waals surface area (Å²) in [7, 11) is 0. The molecule has 7 heteroatoms. The molecular weight excluding hydrogens is 366 g/mol.